The van der Waals surface area contributed by atoms with Crippen LogP contribution in [0.5, 0.6) is 0 Å². The molecule has 2 aromatic carbocycles. The van der Waals surface area contributed by atoms with Crippen LogP contribution >= 0.6 is 11.6 Å². The second kappa shape index (κ2) is 8.00. The summed E-state index contributed by atoms with van der Waals surface area (Å²) in [7, 11) is 0. The maximum absolute atomic E-state index is 13.9. The summed E-state index contributed by atoms with van der Waals surface area (Å²) in [5.74, 6) is -0.393. The van der Waals surface area contributed by atoms with E-state index in [2.05, 4.69) is 9.88 Å². The predicted molar refractivity (Wildman–Crippen MR) is 119 cm³/mol. The molecule has 156 valence electrons. The molecule has 2 heterocycles. The lowest BCUT2D eigenvalue weighted by Gasteiger charge is -2.44. The molecular formula is C25H22ClN3O2. The van der Waals surface area contributed by atoms with Gasteiger partial charge in [-0.3, -0.25) is 24.4 Å². The smallest absolute Gasteiger partial charge is 0.197 e. The molecule has 3 aromatic rings. The van der Waals surface area contributed by atoms with E-state index in [1.54, 1.807) is 30.6 Å². The Balaban J connectivity index is 1.49. The number of hydrogen-bond acceptors (Lipinski definition) is 5. The van der Waals surface area contributed by atoms with Crippen molar-refractivity contribution >= 4 is 23.2 Å². The van der Waals surface area contributed by atoms with Crippen molar-refractivity contribution in [3.63, 3.8) is 0 Å². The van der Waals surface area contributed by atoms with Crippen molar-refractivity contribution in [1.29, 1.82) is 0 Å². The van der Waals surface area contributed by atoms with Crippen LogP contribution in [0.25, 0.3) is 0 Å². The summed E-state index contributed by atoms with van der Waals surface area (Å²) in [4.78, 5) is 36.1. The largest absolute Gasteiger partial charge is 0.297 e. The van der Waals surface area contributed by atoms with E-state index in [4.69, 9.17) is 11.6 Å². The van der Waals surface area contributed by atoms with Crippen LogP contribution in [0.15, 0.2) is 73.1 Å². The molecule has 0 bridgehead atoms. The maximum atomic E-state index is 13.9. The number of rotatable bonds is 4. The van der Waals surface area contributed by atoms with Crippen molar-refractivity contribution < 1.29 is 9.59 Å². The van der Waals surface area contributed by atoms with Gasteiger partial charge in [0.05, 0.1) is 5.02 Å². The lowest BCUT2D eigenvalue weighted by atomic mass is 9.82. The topological polar surface area (TPSA) is 53.5 Å². The predicted octanol–water partition coefficient (Wildman–Crippen LogP) is 3.83. The number of benzene rings is 2. The number of carbonyl (C=O) groups excluding carboxylic acids is 2. The summed E-state index contributed by atoms with van der Waals surface area (Å²) in [6, 6.07) is 18.6. The third-order valence-electron chi connectivity index (χ3n) is 6.34. The molecule has 1 unspecified atom stereocenters. The van der Waals surface area contributed by atoms with Gasteiger partial charge in [0.15, 0.2) is 17.1 Å². The Hall–Kier alpha value is -2.86. The normalized spacial score (nSPS) is 22.0. The first-order valence-electron chi connectivity index (χ1n) is 10.4. The van der Waals surface area contributed by atoms with Gasteiger partial charge in [0, 0.05) is 56.2 Å². The highest BCUT2D eigenvalue weighted by Crippen LogP contribution is 2.45. The van der Waals surface area contributed by atoms with Crippen LogP contribution in [0.3, 0.4) is 0 Å². The van der Waals surface area contributed by atoms with Crippen molar-refractivity contribution in [2.75, 3.05) is 26.2 Å². The monoisotopic (exact) mass is 431 g/mol. The van der Waals surface area contributed by atoms with Gasteiger partial charge in [0.25, 0.3) is 0 Å². The third kappa shape index (κ3) is 3.21. The molecule has 5 nitrogen and oxygen atoms in total. The van der Waals surface area contributed by atoms with Gasteiger partial charge >= 0.3 is 0 Å². The van der Waals surface area contributed by atoms with Gasteiger partial charge in [-0.1, -0.05) is 54.1 Å². The molecule has 31 heavy (non-hydrogen) atoms. The van der Waals surface area contributed by atoms with E-state index in [-0.39, 0.29) is 11.6 Å². The Morgan fingerprint density at radius 3 is 2.23 bits per heavy atom. The SMILES string of the molecule is O=C1c2cccc(Cl)c2C(=O)C1(c1ccccc1)N1CCN(Cc2ccncc2)CC1. The molecule has 0 radical (unpaired) electrons. The number of piperazine rings is 1. The molecule has 5 rings (SSSR count). The van der Waals surface area contributed by atoms with E-state index < -0.39 is 5.54 Å². The Morgan fingerprint density at radius 1 is 0.839 bits per heavy atom. The molecule has 1 aliphatic heterocycles. The second-order valence-electron chi connectivity index (χ2n) is 8.02. The summed E-state index contributed by atoms with van der Waals surface area (Å²) in [5.41, 5.74) is 1.32. The molecule has 1 aliphatic carbocycles. The van der Waals surface area contributed by atoms with Gasteiger partial charge in [-0.15, -0.1) is 0 Å². The van der Waals surface area contributed by atoms with Gasteiger partial charge in [0.1, 0.15) is 0 Å². The van der Waals surface area contributed by atoms with E-state index in [0.29, 0.717) is 34.8 Å². The zero-order chi connectivity index (χ0) is 21.4. The summed E-state index contributed by atoms with van der Waals surface area (Å²) in [5, 5.41) is 0.338. The summed E-state index contributed by atoms with van der Waals surface area (Å²) in [6.45, 7) is 3.58. The molecule has 0 N–H and O–H groups in total. The molecule has 1 atom stereocenters. The molecule has 6 heteroatoms. The molecule has 0 saturated carbocycles. The number of aromatic nitrogens is 1. The highest BCUT2D eigenvalue weighted by molar-refractivity contribution is 6.41. The fourth-order valence-electron chi connectivity index (χ4n) is 4.82. The minimum atomic E-state index is -1.35. The van der Waals surface area contributed by atoms with Crippen LogP contribution in [0.1, 0.15) is 31.8 Å². The standard InChI is InChI=1S/C25H22ClN3O2/c26-21-8-4-7-20-22(21)24(31)25(23(20)30,19-5-2-1-3-6-19)29-15-13-28(14-16-29)17-18-9-11-27-12-10-18/h1-12H,13-17H2. The molecule has 2 aliphatic rings. The van der Waals surface area contributed by atoms with E-state index in [1.165, 1.54) is 5.56 Å². The minimum Gasteiger partial charge on any atom is -0.297 e. The average Bonchev–Trinajstić information content (AvgIpc) is 3.04. The molecule has 1 fully saturated rings. The van der Waals surface area contributed by atoms with Gasteiger partial charge in [-0.05, 0) is 29.3 Å². The number of nitrogens with zero attached hydrogens (tertiary/aromatic N) is 3. The highest BCUT2D eigenvalue weighted by atomic mass is 35.5. The van der Waals surface area contributed by atoms with E-state index in [1.807, 2.05) is 47.4 Å². The van der Waals surface area contributed by atoms with Crippen LogP contribution < -0.4 is 0 Å². The fourth-order valence-corrected chi connectivity index (χ4v) is 5.08. The summed E-state index contributed by atoms with van der Waals surface area (Å²) in [6.07, 6.45) is 3.60. The first-order chi connectivity index (χ1) is 15.1. The highest BCUT2D eigenvalue weighted by Gasteiger charge is 2.58. The number of fused-ring (bicyclic) bond motifs is 1. The van der Waals surface area contributed by atoms with Gasteiger partial charge < -0.3 is 0 Å². The third-order valence-corrected chi connectivity index (χ3v) is 6.65. The zero-order valence-corrected chi connectivity index (χ0v) is 17.8. The van der Waals surface area contributed by atoms with E-state index >= 15 is 0 Å². The number of ketones is 2. The lowest BCUT2D eigenvalue weighted by molar-refractivity contribution is 0.0279. The van der Waals surface area contributed by atoms with Gasteiger partial charge in [-0.25, -0.2) is 0 Å². The van der Waals surface area contributed by atoms with Crippen LogP contribution in [0, 0.1) is 0 Å². The van der Waals surface area contributed by atoms with Crippen LogP contribution in [-0.4, -0.2) is 52.5 Å². The number of Topliss-reactive ketones (excluding diaryl/α,β-unsaturated/α-hetero) is 2. The van der Waals surface area contributed by atoms with Crippen LogP contribution in [-0.2, 0) is 12.1 Å². The van der Waals surface area contributed by atoms with Crippen LogP contribution in [0.2, 0.25) is 5.02 Å². The number of hydrogen-bond donors (Lipinski definition) is 0. The van der Waals surface area contributed by atoms with Crippen molar-refractivity contribution in [3.8, 4) is 0 Å². The fraction of sp³-hybridized carbons (Fsp3) is 0.240. The molecular weight excluding hydrogens is 410 g/mol. The lowest BCUT2D eigenvalue weighted by Crippen LogP contribution is -2.60. The summed E-state index contributed by atoms with van der Waals surface area (Å²) >= 11 is 6.39. The van der Waals surface area contributed by atoms with Crippen molar-refractivity contribution in [1.82, 2.24) is 14.8 Å². The van der Waals surface area contributed by atoms with Crippen molar-refractivity contribution in [3.05, 3.63) is 100 Å². The van der Waals surface area contributed by atoms with Crippen molar-refractivity contribution in [2.45, 2.75) is 12.1 Å². The number of halogens is 1. The van der Waals surface area contributed by atoms with Gasteiger partial charge in [0.2, 0.25) is 0 Å². The molecule has 1 aromatic heterocycles. The quantitative estimate of drug-likeness (QED) is 0.588. The van der Waals surface area contributed by atoms with Gasteiger partial charge in [-0.2, -0.15) is 0 Å². The van der Waals surface area contributed by atoms with E-state index in [9.17, 15) is 9.59 Å². The Labute approximate surface area is 186 Å². The molecule has 1 saturated heterocycles. The minimum absolute atomic E-state index is 0.177. The summed E-state index contributed by atoms with van der Waals surface area (Å²) < 4.78 is 0. The first kappa shape index (κ1) is 20.1. The molecule has 0 spiro atoms. The molecule has 0 amide bonds. The number of pyridine rings is 1. The maximum Gasteiger partial charge on any atom is 0.197 e. The zero-order valence-electron chi connectivity index (χ0n) is 17.0. The van der Waals surface area contributed by atoms with Crippen LogP contribution in [0.4, 0.5) is 0 Å². The second-order valence-corrected chi connectivity index (χ2v) is 8.42. The van der Waals surface area contributed by atoms with E-state index in [0.717, 1.165) is 19.6 Å². The van der Waals surface area contributed by atoms with Crippen molar-refractivity contribution in [2.24, 2.45) is 0 Å². The number of carbonyl (C=O) groups is 2. The Morgan fingerprint density at radius 2 is 1.55 bits per heavy atom. The first-order valence-corrected chi connectivity index (χ1v) is 10.8. The average molecular weight is 432 g/mol. The Kier molecular flexibility index (Phi) is 5.18. The Bertz CT molecular complexity index is 1130.